The Bertz CT molecular complexity index is 947. The monoisotopic (exact) mass is 543 g/mol. The van der Waals surface area contributed by atoms with E-state index in [1.807, 2.05) is 32.5 Å². The van der Waals surface area contributed by atoms with Gasteiger partial charge in [0.2, 0.25) is 5.91 Å². The zero-order chi connectivity index (χ0) is 26.0. The van der Waals surface area contributed by atoms with Crippen molar-refractivity contribution in [3.05, 3.63) is 35.1 Å². The predicted octanol–water partition coefficient (Wildman–Crippen LogP) is 6.65. The molecule has 2 bridgehead atoms. The molecule has 3 aliphatic rings. The van der Waals surface area contributed by atoms with E-state index in [-0.39, 0.29) is 41.8 Å². The number of carbonyl (C=O) groups is 1. The van der Waals surface area contributed by atoms with Gasteiger partial charge >= 0.3 is 0 Å². The second kappa shape index (κ2) is 11.8. The second-order valence-corrected chi connectivity index (χ2v) is 15.5. The summed E-state index contributed by atoms with van der Waals surface area (Å²) < 4.78 is 54.7. The molecule has 1 unspecified atom stereocenters. The first-order chi connectivity index (χ1) is 17.0. The number of hydrogen-bond acceptors (Lipinski definition) is 3. The number of fused-ring (bicyclic) bond motifs is 2. The lowest BCUT2D eigenvalue weighted by molar-refractivity contribution is -0.133. The van der Waals surface area contributed by atoms with Gasteiger partial charge in [0.25, 0.3) is 0 Å². The van der Waals surface area contributed by atoms with E-state index >= 15 is 0 Å². The van der Waals surface area contributed by atoms with Crippen molar-refractivity contribution in [3.8, 4) is 0 Å². The lowest BCUT2D eigenvalue weighted by Gasteiger charge is -2.42. The average Bonchev–Trinajstić information content (AvgIpc) is 3.09. The van der Waals surface area contributed by atoms with Gasteiger partial charge < -0.3 is 4.90 Å². The molecule has 4 rings (SSSR count). The van der Waals surface area contributed by atoms with Crippen LogP contribution in [0.2, 0.25) is 0 Å². The largest absolute Gasteiger partial charge is 0.336 e. The van der Waals surface area contributed by atoms with Crippen molar-refractivity contribution in [1.29, 1.82) is 0 Å². The maximum atomic E-state index is 14.6. The molecule has 0 spiro atoms. The second-order valence-electron chi connectivity index (χ2n) is 11.9. The lowest BCUT2D eigenvalue weighted by Crippen LogP contribution is -2.49. The van der Waals surface area contributed by atoms with Crippen molar-refractivity contribution in [2.24, 2.45) is 11.8 Å². The molecule has 0 radical (unpaired) electrons. The number of piperidine rings is 1. The minimum Gasteiger partial charge on any atom is -0.336 e. The Labute approximate surface area is 220 Å². The molecule has 3 fully saturated rings. The first-order valence-corrected chi connectivity index (χ1v) is 15.8. The predicted molar refractivity (Wildman–Crippen MR) is 142 cm³/mol. The topological polar surface area (TPSA) is 37.4 Å². The Morgan fingerprint density at radius 1 is 1.00 bits per heavy atom. The van der Waals surface area contributed by atoms with Crippen molar-refractivity contribution in [2.75, 3.05) is 11.5 Å². The highest BCUT2D eigenvalue weighted by Crippen LogP contribution is 2.43. The molecule has 1 aromatic rings. The summed E-state index contributed by atoms with van der Waals surface area (Å²) in [7, 11) is -1.16. The molecular formula is C28H40F3NO2S2. The number of rotatable bonds is 8. The quantitative estimate of drug-likeness (QED) is 0.345. The van der Waals surface area contributed by atoms with Crippen molar-refractivity contribution >= 4 is 28.5 Å². The molecule has 202 valence electrons. The molecule has 2 heterocycles. The van der Waals surface area contributed by atoms with Crippen LogP contribution >= 0.6 is 11.8 Å². The Balaban J connectivity index is 1.46. The smallest absolute Gasteiger partial charge is 0.233 e. The number of benzene rings is 1. The summed E-state index contributed by atoms with van der Waals surface area (Å²) in [5.41, 5.74) is 0.138. The van der Waals surface area contributed by atoms with Gasteiger partial charge in [0.1, 0.15) is 5.82 Å². The fraction of sp³-hybridized carbons (Fsp3) is 0.750. The van der Waals surface area contributed by atoms with Crippen molar-refractivity contribution in [2.45, 2.75) is 107 Å². The SMILES string of the molecule is CC(C)(C)[S@](=O)C[C@H](Cc1cc(F)c(F)cc1F)C1C[C@H]2CC[C@@H](C1)N2C(=O)CSC1CCCCC1. The molecule has 8 heteroatoms. The Morgan fingerprint density at radius 3 is 2.22 bits per heavy atom. The fourth-order valence-corrected chi connectivity index (χ4v) is 8.79. The van der Waals surface area contributed by atoms with Crippen LogP contribution in [-0.4, -0.2) is 48.6 Å². The van der Waals surface area contributed by atoms with Gasteiger partial charge in [-0.15, -0.1) is 11.8 Å². The van der Waals surface area contributed by atoms with E-state index in [1.165, 1.54) is 32.1 Å². The van der Waals surface area contributed by atoms with E-state index in [0.717, 1.165) is 31.7 Å². The van der Waals surface area contributed by atoms with Crippen LogP contribution in [0.1, 0.15) is 84.1 Å². The highest BCUT2D eigenvalue weighted by Gasteiger charge is 2.45. The third-order valence-corrected chi connectivity index (χ3v) is 11.8. The molecule has 1 saturated carbocycles. The Morgan fingerprint density at radius 2 is 1.61 bits per heavy atom. The van der Waals surface area contributed by atoms with Gasteiger partial charge in [-0.2, -0.15) is 0 Å². The maximum Gasteiger partial charge on any atom is 0.233 e. The highest BCUT2D eigenvalue weighted by atomic mass is 32.2. The molecule has 1 amide bonds. The van der Waals surface area contributed by atoms with Crippen LogP contribution in [0.3, 0.4) is 0 Å². The van der Waals surface area contributed by atoms with Crippen LogP contribution in [0.25, 0.3) is 0 Å². The van der Waals surface area contributed by atoms with E-state index in [1.54, 1.807) is 0 Å². The molecular weight excluding hydrogens is 503 g/mol. The van der Waals surface area contributed by atoms with E-state index in [0.29, 0.717) is 22.8 Å². The van der Waals surface area contributed by atoms with Gasteiger partial charge in [0.15, 0.2) is 11.6 Å². The molecule has 36 heavy (non-hydrogen) atoms. The van der Waals surface area contributed by atoms with Gasteiger partial charge in [-0.3, -0.25) is 9.00 Å². The minimum absolute atomic E-state index is 0.124. The van der Waals surface area contributed by atoms with Gasteiger partial charge in [-0.25, -0.2) is 13.2 Å². The summed E-state index contributed by atoms with van der Waals surface area (Å²) in [6.45, 7) is 5.77. The lowest BCUT2D eigenvalue weighted by atomic mass is 9.78. The van der Waals surface area contributed by atoms with E-state index < -0.39 is 33.0 Å². The van der Waals surface area contributed by atoms with Crippen LogP contribution in [-0.2, 0) is 22.0 Å². The van der Waals surface area contributed by atoms with Crippen LogP contribution < -0.4 is 0 Å². The van der Waals surface area contributed by atoms with Crippen LogP contribution in [0, 0.1) is 29.3 Å². The highest BCUT2D eigenvalue weighted by molar-refractivity contribution is 8.00. The fourth-order valence-electron chi connectivity index (χ4n) is 6.32. The molecule has 1 aliphatic carbocycles. The van der Waals surface area contributed by atoms with Crippen LogP contribution in [0.5, 0.6) is 0 Å². The first-order valence-electron chi connectivity index (χ1n) is 13.5. The Hall–Kier alpha value is -1.02. The number of halogens is 3. The van der Waals surface area contributed by atoms with Crippen LogP contribution in [0.4, 0.5) is 13.2 Å². The third-order valence-electron chi connectivity index (χ3n) is 8.34. The average molecular weight is 544 g/mol. The van der Waals surface area contributed by atoms with Crippen molar-refractivity contribution in [1.82, 2.24) is 4.90 Å². The van der Waals surface area contributed by atoms with E-state index in [2.05, 4.69) is 4.90 Å². The summed E-state index contributed by atoms with van der Waals surface area (Å²) in [4.78, 5) is 15.3. The van der Waals surface area contributed by atoms with Gasteiger partial charge in [0.05, 0.1) is 5.75 Å². The molecule has 5 atom stereocenters. The Kier molecular flexibility index (Phi) is 9.17. The van der Waals surface area contributed by atoms with Gasteiger partial charge in [0, 0.05) is 44.7 Å². The molecule has 2 aliphatic heterocycles. The molecule has 2 saturated heterocycles. The van der Waals surface area contributed by atoms with Crippen molar-refractivity contribution in [3.63, 3.8) is 0 Å². The number of nitrogens with zero attached hydrogens (tertiary/aromatic N) is 1. The standard InChI is InChI=1S/C28H40F3NO2S2/c1-28(2,3)36(34)17-20(11-19-14-25(30)26(31)15-24(19)29)18-12-21-9-10-22(13-18)32(21)27(33)16-35-23-7-5-4-6-8-23/h14-15,18,20-23H,4-13,16-17H2,1-3H3/t18?,20-,21-,22+,36+/m0/s1. The summed E-state index contributed by atoms with van der Waals surface area (Å²) in [6, 6.07) is 1.88. The van der Waals surface area contributed by atoms with Gasteiger partial charge in [-0.05, 0) is 89.2 Å². The summed E-state index contributed by atoms with van der Waals surface area (Å²) in [5, 5.41) is 0.598. The molecule has 0 N–H and O–H groups in total. The number of hydrogen-bond donors (Lipinski definition) is 0. The maximum absolute atomic E-state index is 14.6. The summed E-state index contributed by atoms with van der Waals surface area (Å²) in [6.07, 6.45) is 10.0. The molecule has 3 nitrogen and oxygen atoms in total. The molecule has 0 aromatic heterocycles. The van der Waals surface area contributed by atoms with Crippen LogP contribution in [0.15, 0.2) is 12.1 Å². The zero-order valence-electron chi connectivity index (χ0n) is 21.7. The normalized spacial score (nSPS) is 26.7. The number of carbonyl (C=O) groups excluding carboxylic acids is 1. The molecule has 1 aromatic carbocycles. The summed E-state index contributed by atoms with van der Waals surface area (Å²) >= 11 is 1.82. The van der Waals surface area contributed by atoms with E-state index in [9.17, 15) is 22.2 Å². The zero-order valence-corrected chi connectivity index (χ0v) is 23.4. The minimum atomic E-state index is -1.19. The third kappa shape index (κ3) is 6.69. The van der Waals surface area contributed by atoms with E-state index in [4.69, 9.17) is 0 Å². The number of amides is 1. The summed E-state index contributed by atoms with van der Waals surface area (Å²) in [5.74, 6) is -1.80. The van der Waals surface area contributed by atoms with Crippen molar-refractivity contribution < 1.29 is 22.2 Å². The number of thioether (sulfide) groups is 1. The first kappa shape index (κ1) is 28.0. The van der Waals surface area contributed by atoms with Gasteiger partial charge in [-0.1, -0.05) is 19.3 Å².